The molecule has 0 bridgehead atoms. The summed E-state index contributed by atoms with van der Waals surface area (Å²) in [7, 11) is 1.43. The first-order chi connectivity index (χ1) is 9.10. The van der Waals surface area contributed by atoms with Gasteiger partial charge in [-0.1, -0.05) is 17.7 Å². The molecule has 0 unspecified atom stereocenters. The minimum Gasteiger partial charge on any atom is -0.508 e. The lowest BCUT2D eigenvalue weighted by Gasteiger charge is -2.10. The number of phenols is 1. The first-order valence-electron chi connectivity index (χ1n) is 5.96. The van der Waals surface area contributed by atoms with Gasteiger partial charge in [-0.15, -0.1) is 0 Å². The van der Waals surface area contributed by atoms with Crippen LogP contribution in [0.5, 0.6) is 11.5 Å². The second kappa shape index (κ2) is 5.61. The van der Waals surface area contributed by atoms with Gasteiger partial charge in [0.05, 0.1) is 7.11 Å². The van der Waals surface area contributed by atoms with Crippen LogP contribution in [0.4, 0.5) is 10.1 Å². The summed E-state index contributed by atoms with van der Waals surface area (Å²) in [6, 6.07) is 10.0. The van der Waals surface area contributed by atoms with Crippen molar-refractivity contribution in [3.05, 3.63) is 53.3 Å². The molecule has 0 aliphatic rings. The van der Waals surface area contributed by atoms with Crippen LogP contribution >= 0.6 is 0 Å². The van der Waals surface area contributed by atoms with Crippen LogP contribution in [0.3, 0.4) is 0 Å². The number of hydrogen-bond acceptors (Lipinski definition) is 3. The number of hydrogen-bond donors (Lipinski definition) is 2. The summed E-state index contributed by atoms with van der Waals surface area (Å²) >= 11 is 0. The molecule has 2 aromatic carbocycles. The SMILES string of the molecule is COc1ccc(NCc2cc(C)ccc2O)cc1F. The highest BCUT2D eigenvalue weighted by molar-refractivity contribution is 5.48. The van der Waals surface area contributed by atoms with Gasteiger partial charge in [0.25, 0.3) is 0 Å². The Hall–Kier alpha value is -2.23. The van der Waals surface area contributed by atoms with E-state index in [0.717, 1.165) is 11.1 Å². The van der Waals surface area contributed by atoms with E-state index in [1.54, 1.807) is 18.2 Å². The first kappa shape index (κ1) is 13.2. The van der Waals surface area contributed by atoms with Crippen molar-refractivity contribution >= 4 is 5.69 Å². The van der Waals surface area contributed by atoms with Crippen LogP contribution in [0.2, 0.25) is 0 Å². The Morgan fingerprint density at radius 3 is 2.68 bits per heavy atom. The lowest BCUT2D eigenvalue weighted by Crippen LogP contribution is -2.01. The van der Waals surface area contributed by atoms with E-state index in [-0.39, 0.29) is 11.5 Å². The predicted octanol–water partition coefficient (Wildman–Crippen LogP) is 3.46. The van der Waals surface area contributed by atoms with Crippen molar-refractivity contribution in [1.29, 1.82) is 0 Å². The molecule has 0 heterocycles. The van der Waals surface area contributed by atoms with Crippen molar-refractivity contribution in [3.8, 4) is 11.5 Å². The molecule has 0 fully saturated rings. The molecule has 100 valence electrons. The summed E-state index contributed by atoms with van der Waals surface area (Å²) in [5.41, 5.74) is 2.48. The quantitative estimate of drug-likeness (QED) is 0.885. The maximum Gasteiger partial charge on any atom is 0.167 e. The lowest BCUT2D eigenvalue weighted by atomic mass is 10.1. The molecule has 2 aromatic rings. The van der Waals surface area contributed by atoms with Gasteiger partial charge in [-0.25, -0.2) is 4.39 Å². The van der Waals surface area contributed by atoms with Gasteiger partial charge >= 0.3 is 0 Å². The number of anilines is 1. The Morgan fingerprint density at radius 2 is 2.00 bits per heavy atom. The minimum atomic E-state index is -0.416. The Kier molecular flexibility index (Phi) is 3.90. The molecule has 0 aliphatic carbocycles. The molecule has 2 N–H and O–H groups in total. The summed E-state index contributed by atoms with van der Waals surface area (Å²) in [5.74, 6) is 0.0250. The standard InChI is InChI=1S/C15H16FNO2/c1-10-3-5-14(18)11(7-10)9-17-12-4-6-15(19-2)13(16)8-12/h3-8,17-18H,9H2,1-2H3. The molecule has 0 saturated heterocycles. The smallest absolute Gasteiger partial charge is 0.167 e. The summed E-state index contributed by atoms with van der Waals surface area (Å²) in [4.78, 5) is 0. The number of ether oxygens (including phenoxy) is 1. The van der Waals surface area contributed by atoms with Crippen molar-refractivity contribution in [1.82, 2.24) is 0 Å². The molecule has 0 aromatic heterocycles. The molecule has 3 nitrogen and oxygen atoms in total. The van der Waals surface area contributed by atoms with Gasteiger partial charge in [-0.05, 0) is 25.1 Å². The van der Waals surface area contributed by atoms with Gasteiger partial charge in [0.15, 0.2) is 11.6 Å². The monoisotopic (exact) mass is 261 g/mol. The summed E-state index contributed by atoms with van der Waals surface area (Å²) < 4.78 is 18.4. The fourth-order valence-corrected chi connectivity index (χ4v) is 1.83. The molecule has 19 heavy (non-hydrogen) atoms. The van der Waals surface area contributed by atoms with Crippen LogP contribution in [0, 0.1) is 12.7 Å². The Labute approximate surface area is 111 Å². The molecule has 0 amide bonds. The van der Waals surface area contributed by atoms with Crippen molar-refractivity contribution in [2.75, 3.05) is 12.4 Å². The van der Waals surface area contributed by atoms with Gasteiger partial charge in [0.2, 0.25) is 0 Å². The lowest BCUT2D eigenvalue weighted by molar-refractivity contribution is 0.386. The van der Waals surface area contributed by atoms with E-state index in [1.807, 2.05) is 19.1 Å². The minimum absolute atomic E-state index is 0.212. The molecule has 0 aliphatic heterocycles. The van der Waals surface area contributed by atoms with E-state index in [1.165, 1.54) is 13.2 Å². The zero-order valence-electron chi connectivity index (χ0n) is 10.9. The highest BCUT2D eigenvalue weighted by atomic mass is 19.1. The number of halogens is 1. The van der Waals surface area contributed by atoms with E-state index in [2.05, 4.69) is 5.32 Å². The zero-order valence-corrected chi connectivity index (χ0v) is 10.9. The fourth-order valence-electron chi connectivity index (χ4n) is 1.83. The largest absolute Gasteiger partial charge is 0.508 e. The second-order valence-corrected chi connectivity index (χ2v) is 4.34. The number of nitrogens with one attached hydrogen (secondary N) is 1. The van der Waals surface area contributed by atoms with Crippen molar-refractivity contribution in [2.45, 2.75) is 13.5 Å². The maximum absolute atomic E-state index is 13.5. The molecule has 0 atom stereocenters. The summed E-state index contributed by atoms with van der Waals surface area (Å²) in [5, 5.41) is 12.8. The average molecular weight is 261 g/mol. The van der Waals surface area contributed by atoms with Crippen LogP contribution < -0.4 is 10.1 Å². The predicted molar refractivity (Wildman–Crippen MR) is 73.1 cm³/mol. The highest BCUT2D eigenvalue weighted by Crippen LogP contribution is 2.23. The van der Waals surface area contributed by atoms with E-state index in [9.17, 15) is 9.50 Å². The van der Waals surface area contributed by atoms with Crippen LogP contribution in [-0.2, 0) is 6.54 Å². The van der Waals surface area contributed by atoms with Gasteiger partial charge in [0.1, 0.15) is 5.75 Å². The first-order valence-corrected chi connectivity index (χ1v) is 5.96. The molecule has 0 spiro atoms. The molecule has 2 rings (SSSR count). The molecule has 0 saturated carbocycles. The third kappa shape index (κ3) is 3.16. The van der Waals surface area contributed by atoms with Crippen LogP contribution in [0.1, 0.15) is 11.1 Å². The van der Waals surface area contributed by atoms with Gasteiger partial charge in [-0.2, -0.15) is 0 Å². The fraction of sp³-hybridized carbons (Fsp3) is 0.200. The second-order valence-electron chi connectivity index (χ2n) is 4.34. The van der Waals surface area contributed by atoms with E-state index in [0.29, 0.717) is 12.2 Å². The van der Waals surface area contributed by atoms with Gasteiger partial charge in [0, 0.05) is 23.9 Å². The molecule has 0 radical (unpaired) electrons. The number of phenolic OH excluding ortho intramolecular Hbond substituents is 1. The van der Waals surface area contributed by atoms with E-state index in [4.69, 9.17) is 4.74 Å². The van der Waals surface area contributed by atoms with E-state index < -0.39 is 5.82 Å². The Bertz CT molecular complexity index is 584. The Morgan fingerprint density at radius 1 is 1.21 bits per heavy atom. The number of aromatic hydroxyl groups is 1. The van der Waals surface area contributed by atoms with Gasteiger partial charge < -0.3 is 15.2 Å². The van der Waals surface area contributed by atoms with E-state index >= 15 is 0 Å². The number of aryl methyl sites for hydroxylation is 1. The number of benzene rings is 2. The highest BCUT2D eigenvalue weighted by Gasteiger charge is 2.05. The normalized spacial score (nSPS) is 10.3. The zero-order chi connectivity index (χ0) is 13.8. The maximum atomic E-state index is 13.5. The van der Waals surface area contributed by atoms with Gasteiger partial charge in [-0.3, -0.25) is 0 Å². The number of rotatable bonds is 4. The third-order valence-corrected chi connectivity index (χ3v) is 2.87. The molecule has 4 heteroatoms. The topological polar surface area (TPSA) is 41.5 Å². The van der Waals surface area contributed by atoms with Crippen molar-refractivity contribution in [2.24, 2.45) is 0 Å². The average Bonchev–Trinajstić information content (AvgIpc) is 2.40. The Balaban J connectivity index is 2.10. The summed E-state index contributed by atoms with van der Waals surface area (Å²) in [6.07, 6.45) is 0. The summed E-state index contributed by atoms with van der Waals surface area (Å²) in [6.45, 7) is 2.38. The van der Waals surface area contributed by atoms with Crippen LogP contribution in [0.15, 0.2) is 36.4 Å². The number of methoxy groups -OCH3 is 1. The van der Waals surface area contributed by atoms with Crippen molar-refractivity contribution < 1.29 is 14.2 Å². The molecular weight excluding hydrogens is 245 g/mol. The van der Waals surface area contributed by atoms with Crippen LogP contribution in [-0.4, -0.2) is 12.2 Å². The molecular formula is C15H16FNO2. The third-order valence-electron chi connectivity index (χ3n) is 2.87. The van der Waals surface area contributed by atoms with Crippen molar-refractivity contribution in [3.63, 3.8) is 0 Å². The van der Waals surface area contributed by atoms with Crippen LogP contribution in [0.25, 0.3) is 0 Å².